The predicted octanol–water partition coefficient (Wildman–Crippen LogP) is 8.37. The van der Waals surface area contributed by atoms with E-state index in [1.165, 1.54) is 25.7 Å². The summed E-state index contributed by atoms with van der Waals surface area (Å²) in [6.07, 6.45) is 10.5. The second-order valence-corrected chi connectivity index (χ2v) is 14.9. The van der Waals surface area contributed by atoms with Gasteiger partial charge in [0.25, 0.3) is 0 Å². The zero-order valence-corrected chi connectivity index (χ0v) is 28.9. The third kappa shape index (κ3) is 7.48. The molecule has 3 aliphatic rings. The van der Waals surface area contributed by atoms with E-state index < -0.39 is 5.60 Å². The molecule has 10 nitrogen and oxygen atoms in total. The van der Waals surface area contributed by atoms with Crippen LogP contribution < -0.4 is 15.4 Å². The normalized spacial score (nSPS) is 21.8. The molecule has 0 radical (unpaired) electrons. The predicted molar refractivity (Wildman–Crippen MR) is 191 cm³/mol. The van der Waals surface area contributed by atoms with E-state index in [1.807, 2.05) is 76.2 Å². The van der Waals surface area contributed by atoms with Gasteiger partial charge in [0, 0.05) is 54.4 Å². The van der Waals surface area contributed by atoms with Gasteiger partial charge in [-0.3, -0.25) is 4.79 Å². The molecule has 7 rings (SSSR count). The lowest BCUT2D eigenvalue weighted by Crippen LogP contribution is -2.47. The van der Waals surface area contributed by atoms with Crippen LogP contribution in [0.2, 0.25) is 0 Å². The van der Waals surface area contributed by atoms with Gasteiger partial charge in [-0.15, -0.1) is 0 Å². The summed E-state index contributed by atoms with van der Waals surface area (Å²) in [5.74, 6) is 3.68. The van der Waals surface area contributed by atoms with E-state index in [0.29, 0.717) is 54.6 Å². The van der Waals surface area contributed by atoms with E-state index in [4.69, 9.17) is 14.5 Å². The monoisotopic (exact) mass is 662 g/mol. The number of rotatable bonds is 8. The van der Waals surface area contributed by atoms with Gasteiger partial charge in [-0.05, 0) is 107 Å². The Morgan fingerprint density at radius 2 is 1.84 bits per heavy atom. The lowest BCUT2D eigenvalue weighted by atomic mass is 9.86. The first kappa shape index (κ1) is 32.8. The molecule has 2 aromatic heterocycles. The Balaban J connectivity index is 1.09. The number of pyridine rings is 1. The summed E-state index contributed by atoms with van der Waals surface area (Å²) >= 11 is 0. The van der Waals surface area contributed by atoms with Gasteiger partial charge in [0.1, 0.15) is 11.4 Å². The Hall–Kier alpha value is -4.73. The molecule has 2 aliphatic carbocycles. The average Bonchev–Trinajstić information content (AvgIpc) is 3.70. The molecule has 1 aliphatic heterocycles. The minimum atomic E-state index is -0.546. The molecule has 3 heterocycles. The van der Waals surface area contributed by atoms with Crippen LogP contribution in [0.5, 0.6) is 11.6 Å². The van der Waals surface area contributed by atoms with Crippen molar-refractivity contribution in [1.29, 1.82) is 0 Å². The lowest BCUT2D eigenvalue weighted by Gasteiger charge is -2.34. The van der Waals surface area contributed by atoms with Crippen LogP contribution in [0.4, 0.5) is 16.4 Å². The molecule has 2 saturated carbocycles. The summed E-state index contributed by atoms with van der Waals surface area (Å²) in [5, 5.41) is 8.45. The first-order valence-electron chi connectivity index (χ1n) is 17.6. The Morgan fingerprint density at radius 3 is 2.63 bits per heavy atom. The van der Waals surface area contributed by atoms with Crippen LogP contribution in [-0.2, 0) is 9.53 Å². The standard InChI is InChI=1S/C39H46N6O4/c1-24-12-15-29-30(9-5-11-32(29)43-34(46)22-27-21-25-13-14-26(27)20-25)35(24)48-36-31(10-6-17-40-36)33-16-18-41-37(44-33)42-28-8-7-19-45(23-28)38(47)49-39(2,3)4/h5-6,9-12,15-18,25-28H,7-8,13-14,19-23H2,1-4H3,(H,43,46)(H,41,42,44)/t25?,26?,27?,28-/m0/s1. The number of aryl methyl sites for hydroxylation is 1. The van der Waals surface area contributed by atoms with Gasteiger partial charge < -0.3 is 25.0 Å². The maximum Gasteiger partial charge on any atom is 0.410 e. The van der Waals surface area contributed by atoms with Crippen molar-refractivity contribution in [2.24, 2.45) is 17.8 Å². The highest BCUT2D eigenvalue weighted by atomic mass is 16.6. The fourth-order valence-electron chi connectivity index (χ4n) is 7.86. The number of fused-ring (bicyclic) bond motifs is 3. The Morgan fingerprint density at radius 1 is 0.959 bits per heavy atom. The molecule has 256 valence electrons. The lowest BCUT2D eigenvalue weighted by molar-refractivity contribution is -0.117. The van der Waals surface area contributed by atoms with Crippen molar-refractivity contribution in [3.05, 3.63) is 66.5 Å². The van der Waals surface area contributed by atoms with Gasteiger partial charge in [0.05, 0.1) is 11.3 Å². The third-order valence-corrected chi connectivity index (χ3v) is 10.1. The zero-order chi connectivity index (χ0) is 34.1. The number of ether oxygens (including phenoxy) is 2. The molecule has 10 heteroatoms. The van der Waals surface area contributed by atoms with Crippen LogP contribution in [0, 0.1) is 24.7 Å². The van der Waals surface area contributed by atoms with Gasteiger partial charge in [-0.2, -0.15) is 0 Å². The minimum absolute atomic E-state index is 0.0116. The number of benzene rings is 2. The number of nitrogens with one attached hydrogen (secondary N) is 2. The van der Waals surface area contributed by atoms with Gasteiger partial charge in [-0.1, -0.05) is 30.7 Å². The topological polar surface area (TPSA) is 119 Å². The Labute approximate surface area is 288 Å². The first-order valence-corrected chi connectivity index (χ1v) is 17.6. The highest BCUT2D eigenvalue weighted by Gasteiger charge is 2.40. The van der Waals surface area contributed by atoms with E-state index in [9.17, 15) is 9.59 Å². The van der Waals surface area contributed by atoms with Crippen molar-refractivity contribution in [2.45, 2.75) is 84.3 Å². The molecule has 4 atom stereocenters. The van der Waals surface area contributed by atoms with Crippen molar-refractivity contribution < 1.29 is 19.1 Å². The molecule has 4 aromatic rings. The smallest absolute Gasteiger partial charge is 0.410 e. The molecular weight excluding hydrogens is 616 g/mol. The van der Waals surface area contributed by atoms with E-state index in [0.717, 1.165) is 46.3 Å². The first-order chi connectivity index (χ1) is 23.6. The van der Waals surface area contributed by atoms with Crippen LogP contribution in [0.25, 0.3) is 22.0 Å². The number of aromatic nitrogens is 3. The average molecular weight is 663 g/mol. The van der Waals surface area contributed by atoms with Crippen molar-refractivity contribution in [3.8, 4) is 22.9 Å². The maximum atomic E-state index is 13.2. The Kier molecular flexibility index (Phi) is 9.13. The maximum absolute atomic E-state index is 13.2. The molecule has 49 heavy (non-hydrogen) atoms. The summed E-state index contributed by atoms with van der Waals surface area (Å²) < 4.78 is 12.2. The summed E-state index contributed by atoms with van der Waals surface area (Å²) in [6.45, 7) is 8.80. The SMILES string of the molecule is Cc1ccc2c(NC(=O)CC3CC4CCC3C4)cccc2c1Oc1ncccc1-c1ccnc(N[C@H]2CCCN(C(=O)OC(C)(C)C)C2)n1. The number of piperidine rings is 1. The second-order valence-electron chi connectivity index (χ2n) is 14.9. The van der Waals surface area contributed by atoms with E-state index >= 15 is 0 Å². The van der Waals surface area contributed by atoms with Crippen LogP contribution in [0.3, 0.4) is 0 Å². The van der Waals surface area contributed by atoms with Gasteiger partial charge in [0.2, 0.25) is 17.7 Å². The Bertz CT molecular complexity index is 1860. The number of hydrogen-bond acceptors (Lipinski definition) is 8. The molecule has 2 aromatic carbocycles. The van der Waals surface area contributed by atoms with Gasteiger partial charge >= 0.3 is 6.09 Å². The third-order valence-electron chi connectivity index (χ3n) is 10.1. The fourth-order valence-corrected chi connectivity index (χ4v) is 7.86. The van der Waals surface area contributed by atoms with Crippen LogP contribution in [0.15, 0.2) is 60.9 Å². The largest absolute Gasteiger partial charge is 0.444 e. The number of likely N-dealkylation sites (tertiary alicyclic amines) is 1. The summed E-state index contributed by atoms with van der Waals surface area (Å²) in [6, 6.07) is 15.6. The highest BCUT2D eigenvalue weighted by molar-refractivity contribution is 6.04. The molecule has 0 spiro atoms. The molecule has 2 amide bonds. The minimum Gasteiger partial charge on any atom is -0.444 e. The summed E-state index contributed by atoms with van der Waals surface area (Å²) in [7, 11) is 0. The van der Waals surface area contributed by atoms with Crippen molar-refractivity contribution in [2.75, 3.05) is 23.7 Å². The summed E-state index contributed by atoms with van der Waals surface area (Å²) in [4.78, 5) is 41.6. The number of carbonyl (C=O) groups is 2. The second kappa shape index (κ2) is 13.6. The van der Waals surface area contributed by atoms with E-state index in [1.54, 1.807) is 17.3 Å². The van der Waals surface area contributed by atoms with Gasteiger partial charge in [-0.25, -0.2) is 19.7 Å². The van der Waals surface area contributed by atoms with Crippen molar-refractivity contribution >= 4 is 34.4 Å². The molecule has 1 saturated heterocycles. The number of anilines is 2. The van der Waals surface area contributed by atoms with Crippen molar-refractivity contribution in [1.82, 2.24) is 19.9 Å². The molecule has 2 bridgehead atoms. The van der Waals surface area contributed by atoms with Crippen molar-refractivity contribution in [3.63, 3.8) is 0 Å². The van der Waals surface area contributed by atoms with Crippen LogP contribution in [-0.4, -0.2) is 56.6 Å². The quantitative estimate of drug-likeness (QED) is 0.193. The molecule has 2 N–H and O–H groups in total. The highest BCUT2D eigenvalue weighted by Crippen LogP contribution is 2.49. The number of amides is 2. The number of nitrogens with zero attached hydrogens (tertiary/aromatic N) is 4. The summed E-state index contributed by atoms with van der Waals surface area (Å²) in [5.41, 5.74) is 2.57. The number of hydrogen-bond donors (Lipinski definition) is 2. The molecule has 3 unspecified atom stereocenters. The fraction of sp³-hybridized carbons (Fsp3) is 0.462. The number of carbonyl (C=O) groups excluding carboxylic acids is 2. The van der Waals surface area contributed by atoms with Crippen LogP contribution in [0.1, 0.15) is 71.3 Å². The van der Waals surface area contributed by atoms with E-state index in [-0.39, 0.29) is 18.0 Å². The van der Waals surface area contributed by atoms with E-state index in [2.05, 4.69) is 20.6 Å². The molecule has 3 fully saturated rings. The molecular formula is C39H46N6O4. The van der Waals surface area contributed by atoms with Crippen LogP contribution >= 0.6 is 0 Å². The van der Waals surface area contributed by atoms with Gasteiger partial charge in [0.15, 0.2) is 0 Å². The zero-order valence-electron chi connectivity index (χ0n) is 28.9.